The standard InChI is InChI=1S/3C6H7N.3C3H8/c1-6-2-4-7-5-3-6;1-6-3-2-4-7-5-6;1-6-4-2-3-5-7-6;3*1-3-2/h3*2-5H,1H3;3*3H2,1-2H3. The average molecular weight is 412 g/mol. The fourth-order valence-electron chi connectivity index (χ4n) is 1.32. The Morgan fingerprint density at radius 3 is 1.27 bits per heavy atom. The van der Waals surface area contributed by atoms with E-state index in [2.05, 4.69) is 56.5 Å². The lowest BCUT2D eigenvalue weighted by Crippen LogP contribution is -1.72. The van der Waals surface area contributed by atoms with Crippen LogP contribution in [-0.2, 0) is 0 Å². The summed E-state index contributed by atoms with van der Waals surface area (Å²) in [5, 5.41) is 0. The van der Waals surface area contributed by atoms with Gasteiger partial charge in [-0.3, -0.25) is 15.0 Å². The van der Waals surface area contributed by atoms with Crippen LogP contribution in [0.4, 0.5) is 0 Å². The molecule has 0 spiro atoms. The van der Waals surface area contributed by atoms with Gasteiger partial charge in [-0.05, 0) is 62.2 Å². The first-order valence-electron chi connectivity index (χ1n) is 11.0. The molecule has 3 rings (SSSR count). The van der Waals surface area contributed by atoms with Gasteiger partial charge in [-0.25, -0.2) is 0 Å². The highest BCUT2D eigenvalue weighted by Gasteiger charge is 1.74. The van der Waals surface area contributed by atoms with Crippen molar-refractivity contribution in [3.8, 4) is 0 Å². The van der Waals surface area contributed by atoms with E-state index < -0.39 is 0 Å². The number of nitrogens with zero attached hydrogens (tertiary/aromatic N) is 3. The normalized spacial score (nSPS) is 7.90. The molecule has 0 aliphatic rings. The van der Waals surface area contributed by atoms with Crippen LogP contribution in [0.5, 0.6) is 0 Å². The molecule has 3 heteroatoms. The van der Waals surface area contributed by atoms with Gasteiger partial charge in [0.1, 0.15) is 0 Å². The van der Waals surface area contributed by atoms with Crippen LogP contribution < -0.4 is 0 Å². The molecule has 0 aliphatic heterocycles. The molecule has 168 valence electrons. The molecule has 3 nitrogen and oxygen atoms in total. The van der Waals surface area contributed by atoms with Crippen molar-refractivity contribution in [2.75, 3.05) is 0 Å². The predicted molar refractivity (Wildman–Crippen MR) is 135 cm³/mol. The van der Waals surface area contributed by atoms with E-state index in [9.17, 15) is 0 Å². The number of hydrogen-bond donors (Lipinski definition) is 0. The second-order valence-corrected chi connectivity index (χ2v) is 6.65. The minimum atomic E-state index is 1.07. The summed E-state index contributed by atoms with van der Waals surface area (Å²) >= 11 is 0. The molecule has 0 N–H and O–H groups in total. The third-order valence-electron chi connectivity index (χ3n) is 2.47. The molecule has 0 saturated carbocycles. The molecule has 30 heavy (non-hydrogen) atoms. The quantitative estimate of drug-likeness (QED) is 0.372. The molecule has 0 aromatic carbocycles. The Morgan fingerprint density at radius 1 is 0.533 bits per heavy atom. The van der Waals surface area contributed by atoms with Gasteiger partial charge in [0.15, 0.2) is 0 Å². The van der Waals surface area contributed by atoms with Gasteiger partial charge in [0.05, 0.1) is 0 Å². The van der Waals surface area contributed by atoms with Gasteiger partial charge in [-0.2, -0.15) is 0 Å². The minimum absolute atomic E-state index is 1.07. The third-order valence-corrected chi connectivity index (χ3v) is 2.47. The molecule has 0 saturated heterocycles. The Kier molecular flexibility index (Phi) is 30.7. The van der Waals surface area contributed by atoms with Crippen LogP contribution in [0.2, 0.25) is 0 Å². The van der Waals surface area contributed by atoms with Gasteiger partial charge in [0.2, 0.25) is 0 Å². The number of pyridine rings is 3. The van der Waals surface area contributed by atoms with Crippen LogP contribution in [-0.4, -0.2) is 15.0 Å². The van der Waals surface area contributed by atoms with E-state index in [1.807, 2.05) is 69.4 Å². The van der Waals surface area contributed by atoms with Crippen molar-refractivity contribution < 1.29 is 0 Å². The van der Waals surface area contributed by atoms with Crippen molar-refractivity contribution in [3.05, 3.63) is 90.3 Å². The lowest BCUT2D eigenvalue weighted by Gasteiger charge is -1.82. The Bertz CT molecular complexity index is 532. The Labute approximate surface area is 187 Å². The Morgan fingerprint density at radius 2 is 1.07 bits per heavy atom. The topological polar surface area (TPSA) is 38.7 Å². The first kappa shape index (κ1) is 32.1. The van der Waals surface area contributed by atoms with E-state index in [0.717, 1.165) is 5.69 Å². The Balaban J connectivity index is -0.000000307. The number of aryl methyl sites for hydroxylation is 3. The van der Waals surface area contributed by atoms with E-state index in [1.54, 1.807) is 24.8 Å². The molecule has 0 unspecified atom stereocenters. The van der Waals surface area contributed by atoms with Gasteiger partial charge in [0, 0.05) is 36.7 Å². The number of aromatic nitrogens is 3. The molecule has 0 radical (unpaired) electrons. The first-order chi connectivity index (χ1) is 14.4. The molecular formula is C27H45N3. The van der Waals surface area contributed by atoms with Crippen LogP contribution in [0.3, 0.4) is 0 Å². The summed E-state index contributed by atoms with van der Waals surface area (Å²) in [7, 11) is 0. The van der Waals surface area contributed by atoms with Crippen molar-refractivity contribution >= 4 is 0 Å². The predicted octanol–water partition coefficient (Wildman–Crippen LogP) is 8.42. The highest BCUT2D eigenvalue weighted by atomic mass is 14.6. The average Bonchev–Trinajstić information content (AvgIpc) is 2.73. The van der Waals surface area contributed by atoms with E-state index >= 15 is 0 Å². The molecular weight excluding hydrogens is 366 g/mol. The molecule has 3 heterocycles. The SMILES string of the molecule is CCC.CCC.CCC.Cc1ccccn1.Cc1cccnc1.Cc1ccncc1. The number of hydrogen-bond acceptors (Lipinski definition) is 3. The fourth-order valence-corrected chi connectivity index (χ4v) is 1.32. The van der Waals surface area contributed by atoms with Crippen LogP contribution >= 0.6 is 0 Å². The van der Waals surface area contributed by atoms with E-state index in [4.69, 9.17) is 0 Å². The fraction of sp³-hybridized carbons (Fsp3) is 0.444. The molecule has 0 fully saturated rings. The lowest BCUT2D eigenvalue weighted by molar-refractivity contribution is 1.09. The second kappa shape index (κ2) is 28.7. The molecule has 0 amide bonds. The molecule has 0 aliphatic carbocycles. The maximum absolute atomic E-state index is 3.98. The van der Waals surface area contributed by atoms with Crippen LogP contribution in [0.1, 0.15) is 77.6 Å². The Hall–Kier alpha value is -2.55. The number of rotatable bonds is 0. The van der Waals surface area contributed by atoms with E-state index in [0.29, 0.717) is 0 Å². The van der Waals surface area contributed by atoms with Gasteiger partial charge in [0.25, 0.3) is 0 Å². The maximum atomic E-state index is 3.98. The summed E-state index contributed by atoms with van der Waals surface area (Å²) in [6, 6.07) is 13.7. The van der Waals surface area contributed by atoms with Gasteiger partial charge >= 0.3 is 0 Å². The molecule has 3 aromatic rings. The largest absolute Gasteiger partial charge is 0.265 e. The zero-order chi connectivity index (χ0) is 23.5. The first-order valence-corrected chi connectivity index (χ1v) is 11.0. The summed E-state index contributed by atoms with van der Waals surface area (Å²) in [4.78, 5) is 11.7. The van der Waals surface area contributed by atoms with Crippen molar-refractivity contribution in [3.63, 3.8) is 0 Å². The summed E-state index contributed by atoms with van der Waals surface area (Å²) in [5.74, 6) is 0. The van der Waals surface area contributed by atoms with Crippen molar-refractivity contribution in [1.82, 2.24) is 15.0 Å². The zero-order valence-corrected chi connectivity index (χ0v) is 20.9. The maximum Gasteiger partial charge on any atom is 0.0372 e. The zero-order valence-electron chi connectivity index (χ0n) is 20.9. The van der Waals surface area contributed by atoms with Crippen LogP contribution in [0, 0.1) is 20.8 Å². The van der Waals surface area contributed by atoms with Crippen molar-refractivity contribution in [1.29, 1.82) is 0 Å². The highest BCUT2D eigenvalue weighted by Crippen LogP contribution is 1.89. The summed E-state index contributed by atoms with van der Waals surface area (Å²) in [5.41, 5.74) is 3.54. The third kappa shape index (κ3) is 33.1. The monoisotopic (exact) mass is 411 g/mol. The van der Waals surface area contributed by atoms with E-state index in [1.165, 1.54) is 30.4 Å². The van der Waals surface area contributed by atoms with Crippen LogP contribution in [0.15, 0.2) is 73.4 Å². The summed E-state index contributed by atoms with van der Waals surface area (Å²) in [6.07, 6.45) is 12.7. The van der Waals surface area contributed by atoms with Crippen LogP contribution in [0.25, 0.3) is 0 Å². The highest BCUT2D eigenvalue weighted by molar-refractivity contribution is 5.06. The van der Waals surface area contributed by atoms with Crippen molar-refractivity contribution in [2.45, 2.75) is 81.6 Å². The lowest BCUT2D eigenvalue weighted by atomic mass is 10.3. The van der Waals surface area contributed by atoms with Gasteiger partial charge < -0.3 is 0 Å². The second-order valence-electron chi connectivity index (χ2n) is 6.65. The summed E-state index contributed by atoms with van der Waals surface area (Å²) < 4.78 is 0. The molecule has 0 atom stereocenters. The smallest absolute Gasteiger partial charge is 0.0372 e. The minimum Gasteiger partial charge on any atom is -0.265 e. The molecule has 3 aromatic heterocycles. The van der Waals surface area contributed by atoms with Gasteiger partial charge in [-0.1, -0.05) is 72.9 Å². The van der Waals surface area contributed by atoms with Gasteiger partial charge in [-0.15, -0.1) is 0 Å². The van der Waals surface area contributed by atoms with E-state index in [-0.39, 0.29) is 0 Å². The molecule has 0 bridgehead atoms. The summed E-state index contributed by atoms with van der Waals surface area (Å²) in [6.45, 7) is 18.8. The van der Waals surface area contributed by atoms with Crippen molar-refractivity contribution in [2.24, 2.45) is 0 Å².